The molecule has 1 N–H and O–H groups in total. The summed E-state index contributed by atoms with van der Waals surface area (Å²) in [5.41, 5.74) is 0. The quantitative estimate of drug-likeness (QED) is 0.369. The SMILES string of the molecule is CC(=O)O.O=C1CC(=O)O1. The first-order chi connectivity index (χ1) is 4.52. The topological polar surface area (TPSA) is 80.7 Å². The van der Waals surface area contributed by atoms with E-state index < -0.39 is 17.9 Å². The second kappa shape index (κ2) is 3.60. The lowest BCUT2D eigenvalue weighted by Gasteiger charge is -2.06. The van der Waals surface area contributed by atoms with Crippen molar-refractivity contribution >= 4 is 17.9 Å². The van der Waals surface area contributed by atoms with Gasteiger partial charge in [0, 0.05) is 6.92 Å². The Balaban J connectivity index is 0.000000180. The zero-order valence-electron chi connectivity index (χ0n) is 5.29. The second-order valence-electron chi connectivity index (χ2n) is 1.54. The van der Waals surface area contributed by atoms with Gasteiger partial charge < -0.3 is 9.84 Å². The fourth-order valence-corrected chi connectivity index (χ4v) is 0.236. The minimum atomic E-state index is -0.833. The lowest BCUT2D eigenvalue weighted by molar-refractivity contribution is -0.174. The zero-order valence-corrected chi connectivity index (χ0v) is 5.29. The molecule has 10 heavy (non-hydrogen) atoms. The molecule has 0 aromatic rings. The summed E-state index contributed by atoms with van der Waals surface area (Å²) < 4.78 is 3.86. The Morgan fingerprint density at radius 1 is 1.50 bits per heavy atom. The van der Waals surface area contributed by atoms with E-state index in [9.17, 15) is 9.59 Å². The van der Waals surface area contributed by atoms with Crippen LogP contribution in [-0.2, 0) is 19.1 Å². The molecule has 0 unspecified atom stereocenters. The highest BCUT2D eigenvalue weighted by molar-refractivity contribution is 6.06. The molecule has 0 atom stereocenters. The fourth-order valence-electron chi connectivity index (χ4n) is 0.236. The molecule has 56 valence electrons. The number of carbonyl (C=O) groups excluding carboxylic acids is 2. The maximum absolute atomic E-state index is 9.67. The van der Waals surface area contributed by atoms with Crippen LogP contribution >= 0.6 is 0 Å². The number of cyclic esters (lactones) is 2. The van der Waals surface area contributed by atoms with E-state index in [1.54, 1.807) is 0 Å². The van der Waals surface area contributed by atoms with Gasteiger partial charge in [0.15, 0.2) is 0 Å². The Kier molecular flexibility index (Phi) is 3.10. The molecule has 1 heterocycles. The molecule has 0 saturated carbocycles. The summed E-state index contributed by atoms with van der Waals surface area (Å²) in [5.74, 6) is -1.67. The van der Waals surface area contributed by atoms with E-state index in [0.717, 1.165) is 6.92 Å². The van der Waals surface area contributed by atoms with Gasteiger partial charge >= 0.3 is 11.9 Å². The second-order valence-corrected chi connectivity index (χ2v) is 1.54. The van der Waals surface area contributed by atoms with Crippen LogP contribution in [0, 0.1) is 0 Å². The molecule has 0 amide bonds. The van der Waals surface area contributed by atoms with Crippen LogP contribution in [0.25, 0.3) is 0 Å². The lowest BCUT2D eigenvalue weighted by Crippen LogP contribution is -2.26. The van der Waals surface area contributed by atoms with E-state index in [1.807, 2.05) is 0 Å². The lowest BCUT2D eigenvalue weighted by atomic mass is 10.4. The van der Waals surface area contributed by atoms with Gasteiger partial charge in [0.1, 0.15) is 6.42 Å². The number of aliphatic carboxylic acids is 1. The van der Waals surface area contributed by atoms with Crippen molar-refractivity contribution in [1.82, 2.24) is 0 Å². The third-order valence-corrected chi connectivity index (χ3v) is 0.516. The van der Waals surface area contributed by atoms with E-state index >= 15 is 0 Å². The first-order valence-electron chi connectivity index (χ1n) is 2.45. The van der Waals surface area contributed by atoms with Gasteiger partial charge in [-0.3, -0.25) is 14.4 Å². The molecule has 1 saturated heterocycles. The van der Waals surface area contributed by atoms with Gasteiger partial charge in [-0.05, 0) is 0 Å². The van der Waals surface area contributed by atoms with Gasteiger partial charge in [0.2, 0.25) is 0 Å². The monoisotopic (exact) mass is 146 g/mol. The highest BCUT2D eigenvalue weighted by Crippen LogP contribution is 2.00. The number of ether oxygens (including phenoxy) is 1. The van der Waals surface area contributed by atoms with E-state index in [2.05, 4.69) is 4.74 Å². The van der Waals surface area contributed by atoms with E-state index in [1.165, 1.54) is 0 Å². The maximum atomic E-state index is 9.67. The van der Waals surface area contributed by atoms with Crippen LogP contribution in [0.3, 0.4) is 0 Å². The van der Waals surface area contributed by atoms with Gasteiger partial charge in [-0.15, -0.1) is 0 Å². The first-order valence-corrected chi connectivity index (χ1v) is 2.45. The number of carboxylic acid groups (broad SMARTS) is 1. The summed E-state index contributed by atoms with van der Waals surface area (Å²) in [6.07, 6.45) is -0.0278. The van der Waals surface area contributed by atoms with Crippen LogP contribution in [0.5, 0.6) is 0 Å². The summed E-state index contributed by atoms with van der Waals surface area (Å²) in [6, 6.07) is 0. The van der Waals surface area contributed by atoms with Gasteiger partial charge in [0.05, 0.1) is 0 Å². The summed E-state index contributed by atoms with van der Waals surface area (Å²) in [7, 11) is 0. The molecule has 5 heteroatoms. The van der Waals surface area contributed by atoms with Crippen molar-refractivity contribution in [2.24, 2.45) is 0 Å². The van der Waals surface area contributed by atoms with Gasteiger partial charge in [-0.1, -0.05) is 0 Å². The highest BCUT2D eigenvalue weighted by Gasteiger charge is 2.24. The highest BCUT2D eigenvalue weighted by atomic mass is 16.6. The molecular formula is C5H6O5. The smallest absolute Gasteiger partial charge is 0.324 e. The van der Waals surface area contributed by atoms with Crippen molar-refractivity contribution in [3.05, 3.63) is 0 Å². The van der Waals surface area contributed by atoms with Crippen LogP contribution < -0.4 is 0 Å². The van der Waals surface area contributed by atoms with E-state index in [-0.39, 0.29) is 6.42 Å². The number of hydrogen-bond donors (Lipinski definition) is 1. The summed E-state index contributed by atoms with van der Waals surface area (Å²) in [5, 5.41) is 7.42. The number of hydrogen-bond acceptors (Lipinski definition) is 4. The van der Waals surface area contributed by atoms with Crippen LogP contribution in [0.4, 0.5) is 0 Å². The standard InChI is InChI=1S/C3H2O3.C2H4O2/c4-2-1-3(5)6-2;1-2(3)4/h1H2;1H3,(H,3,4). The number of carboxylic acids is 1. The predicted molar refractivity (Wildman–Crippen MR) is 29.0 cm³/mol. The van der Waals surface area contributed by atoms with Crippen LogP contribution in [0.2, 0.25) is 0 Å². The van der Waals surface area contributed by atoms with Crippen LogP contribution in [-0.4, -0.2) is 23.0 Å². The molecule has 0 aromatic heterocycles. The Morgan fingerprint density at radius 3 is 1.70 bits per heavy atom. The Hall–Kier alpha value is -1.39. The van der Waals surface area contributed by atoms with Gasteiger partial charge in [0.25, 0.3) is 5.97 Å². The number of esters is 2. The zero-order chi connectivity index (χ0) is 8.15. The molecule has 0 aromatic carbocycles. The maximum Gasteiger partial charge on any atom is 0.324 e. The fraction of sp³-hybridized carbons (Fsp3) is 0.400. The number of carbonyl (C=O) groups is 3. The Labute approximate surface area is 56.6 Å². The molecular weight excluding hydrogens is 140 g/mol. The normalized spacial score (nSPS) is 14.1. The molecule has 1 rings (SSSR count). The summed E-state index contributed by atoms with van der Waals surface area (Å²) in [6.45, 7) is 1.08. The molecule has 0 bridgehead atoms. The molecule has 5 nitrogen and oxygen atoms in total. The van der Waals surface area contributed by atoms with Crippen molar-refractivity contribution in [1.29, 1.82) is 0 Å². The molecule has 1 aliphatic heterocycles. The third kappa shape index (κ3) is 4.76. The first kappa shape index (κ1) is 8.61. The average Bonchev–Trinajstić information content (AvgIpc) is 1.60. The van der Waals surface area contributed by atoms with E-state index in [0.29, 0.717) is 0 Å². The minimum absolute atomic E-state index is 0.0278. The average molecular weight is 146 g/mol. The molecule has 0 spiro atoms. The summed E-state index contributed by atoms with van der Waals surface area (Å²) >= 11 is 0. The van der Waals surface area contributed by atoms with Gasteiger partial charge in [-0.2, -0.15) is 0 Å². The largest absolute Gasteiger partial charge is 0.481 e. The van der Waals surface area contributed by atoms with Crippen LogP contribution in [0.15, 0.2) is 0 Å². The predicted octanol–water partition coefficient (Wildman–Crippen LogP) is -0.449. The van der Waals surface area contributed by atoms with Crippen molar-refractivity contribution in [3.63, 3.8) is 0 Å². The van der Waals surface area contributed by atoms with Crippen molar-refractivity contribution in [2.45, 2.75) is 13.3 Å². The van der Waals surface area contributed by atoms with Gasteiger partial charge in [-0.25, -0.2) is 0 Å². The molecule has 1 fully saturated rings. The molecule has 0 aliphatic carbocycles. The Bertz CT molecular complexity index is 145. The molecule has 1 aliphatic rings. The number of rotatable bonds is 0. The third-order valence-electron chi connectivity index (χ3n) is 0.516. The van der Waals surface area contributed by atoms with E-state index in [4.69, 9.17) is 9.90 Å². The summed E-state index contributed by atoms with van der Waals surface area (Å²) in [4.78, 5) is 28.3. The molecule has 0 radical (unpaired) electrons. The van der Waals surface area contributed by atoms with Crippen LogP contribution in [0.1, 0.15) is 13.3 Å². The van der Waals surface area contributed by atoms with Crippen molar-refractivity contribution in [3.8, 4) is 0 Å². The van der Waals surface area contributed by atoms with Crippen molar-refractivity contribution in [2.75, 3.05) is 0 Å². The Morgan fingerprint density at radius 2 is 1.70 bits per heavy atom. The van der Waals surface area contributed by atoms with Crippen molar-refractivity contribution < 1.29 is 24.2 Å². The minimum Gasteiger partial charge on any atom is -0.481 e.